The quantitative estimate of drug-likeness (QED) is 0.764. The van der Waals surface area contributed by atoms with Crippen LogP contribution in [-0.4, -0.2) is 18.1 Å². The number of hydrogen-bond donors (Lipinski definition) is 1. The predicted octanol–water partition coefficient (Wildman–Crippen LogP) is 1.70. The number of aromatic nitrogens is 1. The van der Waals surface area contributed by atoms with Gasteiger partial charge in [0.05, 0.1) is 12.7 Å². The molecule has 0 aliphatic carbocycles. The lowest BCUT2D eigenvalue weighted by atomic mass is 10.1. The number of hydrogen-bond acceptors (Lipinski definition) is 4. The largest absolute Gasteiger partial charge is 0.465 e. The smallest absolute Gasteiger partial charge is 0.339 e. The molecule has 2 N–H and O–H groups in total. The van der Waals surface area contributed by atoms with E-state index in [-0.39, 0.29) is 11.4 Å². The monoisotopic (exact) mass is 216 g/mol. The fraction of sp³-hybridized carbons (Fsp3) is 0.333. The molecule has 0 aliphatic heterocycles. The molecule has 0 amide bonds. The Kier molecular flexibility index (Phi) is 3.18. The number of alkyl halides is 2. The number of anilines is 1. The molecular weight excluding hydrogens is 206 g/mol. The lowest BCUT2D eigenvalue weighted by Crippen LogP contribution is -2.10. The van der Waals surface area contributed by atoms with E-state index in [1.54, 1.807) is 6.92 Å². The van der Waals surface area contributed by atoms with Crippen molar-refractivity contribution in [2.45, 2.75) is 13.3 Å². The molecule has 0 unspecified atom stereocenters. The van der Waals surface area contributed by atoms with Crippen molar-refractivity contribution in [3.63, 3.8) is 0 Å². The van der Waals surface area contributed by atoms with E-state index in [4.69, 9.17) is 5.73 Å². The van der Waals surface area contributed by atoms with Crippen LogP contribution in [0.15, 0.2) is 6.07 Å². The van der Waals surface area contributed by atoms with Crippen molar-refractivity contribution in [2.75, 3.05) is 12.8 Å². The van der Waals surface area contributed by atoms with Gasteiger partial charge in [-0.3, -0.25) is 0 Å². The van der Waals surface area contributed by atoms with Crippen LogP contribution in [0, 0.1) is 6.92 Å². The number of methoxy groups -OCH3 is 1. The summed E-state index contributed by atoms with van der Waals surface area (Å²) in [5.74, 6) is -0.862. The zero-order valence-electron chi connectivity index (χ0n) is 8.25. The van der Waals surface area contributed by atoms with Gasteiger partial charge in [-0.05, 0) is 18.6 Å². The average Bonchev–Trinajstić information content (AvgIpc) is 2.20. The van der Waals surface area contributed by atoms with Gasteiger partial charge in [0.25, 0.3) is 6.43 Å². The molecule has 0 aliphatic rings. The zero-order chi connectivity index (χ0) is 11.6. The third-order valence-corrected chi connectivity index (χ3v) is 1.89. The Labute approximate surface area is 85.1 Å². The highest BCUT2D eigenvalue weighted by atomic mass is 19.3. The van der Waals surface area contributed by atoms with Crippen LogP contribution in [0.2, 0.25) is 0 Å². The predicted molar refractivity (Wildman–Crippen MR) is 49.7 cm³/mol. The molecule has 0 bridgehead atoms. The van der Waals surface area contributed by atoms with Crippen LogP contribution in [0.25, 0.3) is 0 Å². The normalized spacial score (nSPS) is 10.5. The van der Waals surface area contributed by atoms with E-state index in [0.717, 1.165) is 7.11 Å². The van der Waals surface area contributed by atoms with E-state index < -0.39 is 18.1 Å². The van der Waals surface area contributed by atoms with Crippen LogP contribution in [0.1, 0.15) is 28.0 Å². The second-order valence-electron chi connectivity index (χ2n) is 2.92. The van der Waals surface area contributed by atoms with Gasteiger partial charge in [0.15, 0.2) is 0 Å². The Morgan fingerprint density at radius 1 is 1.60 bits per heavy atom. The molecule has 4 nitrogen and oxygen atoms in total. The minimum absolute atomic E-state index is 0.0158. The molecule has 0 aromatic carbocycles. The second-order valence-corrected chi connectivity index (χ2v) is 2.92. The standard InChI is InChI=1S/C9H10F2N2O2/c1-4-3-5(9(14)15-2)6(7(10)11)13-8(4)12/h3,7H,1-2H3,(H2,12,13). The first-order chi connectivity index (χ1) is 6.97. The number of carbonyl (C=O) groups excluding carboxylic acids is 1. The van der Waals surface area contributed by atoms with Gasteiger partial charge in [-0.25, -0.2) is 18.6 Å². The highest BCUT2D eigenvalue weighted by Crippen LogP contribution is 2.24. The van der Waals surface area contributed by atoms with Crippen LogP contribution >= 0.6 is 0 Å². The maximum Gasteiger partial charge on any atom is 0.339 e. The van der Waals surface area contributed by atoms with Crippen LogP contribution in [0.3, 0.4) is 0 Å². The molecular formula is C9H10F2N2O2. The summed E-state index contributed by atoms with van der Waals surface area (Å²) in [5.41, 5.74) is 4.93. The molecule has 0 fully saturated rings. The minimum atomic E-state index is -2.86. The molecule has 1 aromatic heterocycles. The number of aryl methyl sites for hydroxylation is 1. The fourth-order valence-electron chi connectivity index (χ4n) is 1.08. The van der Waals surface area contributed by atoms with Crippen molar-refractivity contribution < 1.29 is 18.3 Å². The first-order valence-electron chi connectivity index (χ1n) is 4.10. The van der Waals surface area contributed by atoms with E-state index in [1.807, 2.05) is 0 Å². The summed E-state index contributed by atoms with van der Waals surface area (Å²) in [5, 5.41) is 0. The molecule has 6 heteroatoms. The Morgan fingerprint density at radius 2 is 2.20 bits per heavy atom. The van der Waals surface area contributed by atoms with E-state index in [2.05, 4.69) is 9.72 Å². The van der Waals surface area contributed by atoms with Gasteiger partial charge in [-0.15, -0.1) is 0 Å². The van der Waals surface area contributed by atoms with Crippen LogP contribution in [0.5, 0.6) is 0 Å². The Balaban J connectivity index is 3.34. The summed E-state index contributed by atoms with van der Waals surface area (Å²) in [6.45, 7) is 1.57. The third kappa shape index (κ3) is 2.20. The van der Waals surface area contributed by atoms with Crippen molar-refractivity contribution in [1.29, 1.82) is 0 Å². The van der Waals surface area contributed by atoms with E-state index in [9.17, 15) is 13.6 Å². The van der Waals surface area contributed by atoms with Crippen LogP contribution in [-0.2, 0) is 4.74 Å². The summed E-state index contributed by atoms with van der Waals surface area (Å²) >= 11 is 0. The molecule has 0 saturated carbocycles. The topological polar surface area (TPSA) is 65.2 Å². The van der Waals surface area contributed by atoms with Gasteiger partial charge in [-0.2, -0.15) is 0 Å². The second kappa shape index (κ2) is 4.20. The van der Waals surface area contributed by atoms with Crippen LogP contribution < -0.4 is 5.73 Å². The number of nitrogens with two attached hydrogens (primary N) is 1. The number of halogens is 2. The maximum atomic E-state index is 12.5. The number of nitrogens with zero attached hydrogens (tertiary/aromatic N) is 1. The fourth-order valence-corrected chi connectivity index (χ4v) is 1.08. The molecule has 82 valence electrons. The Bertz CT molecular complexity index is 394. The molecule has 1 rings (SSSR count). The lowest BCUT2D eigenvalue weighted by molar-refractivity contribution is 0.0587. The van der Waals surface area contributed by atoms with Crippen molar-refractivity contribution in [3.8, 4) is 0 Å². The molecule has 1 aromatic rings. The van der Waals surface area contributed by atoms with Gasteiger partial charge >= 0.3 is 5.97 Å². The van der Waals surface area contributed by atoms with Gasteiger partial charge in [0.1, 0.15) is 11.5 Å². The van der Waals surface area contributed by atoms with Crippen molar-refractivity contribution >= 4 is 11.8 Å². The summed E-state index contributed by atoms with van der Waals surface area (Å²) in [4.78, 5) is 14.6. The highest BCUT2D eigenvalue weighted by molar-refractivity contribution is 5.91. The summed E-state index contributed by atoms with van der Waals surface area (Å²) in [6, 6.07) is 1.25. The average molecular weight is 216 g/mol. The molecule has 15 heavy (non-hydrogen) atoms. The van der Waals surface area contributed by atoms with Gasteiger partial charge in [0.2, 0.25) is 0 Å². The molecule has 0 atom stereocenters. The van der Waals surface area contributed by atoms with E-state index in [1.165, 1.54) is 6.07 Å². The number of esters is 1. The molecule has 0 spiro atoms. The zero-order valence-corrected chi connectivity index (χ0v) is 8.25. The third-order valence-electron chi connectivity index (χ3n) is 1.89. The lowest BCUT2D eigenvalue weighted by Gasteiger charge is -2.08. The van der Waals surface area contributed by atoms with Crippen molar-refractivity contribution in [1.82, 2.24) is 4.98 Å². The first-order valence-corrected chi connectivity index (χ1v) is 4.10. The van der Waals surface area contributed by atoms with E-state index in [0.29, 0.717) is 5.56 Å². The first kappa shape index (κ1) is 11.4. The van der Waals surface area contributed by atoms with E-state index >= 15 is 0 Å². The van der Waals surface area contributed by atoms with Gasteiger partial charge in [0, 0.05) is 0 Å². The number of ether oxygens (including phenoxy) is 1. The molecule has 0 saturated heterocycles. The van der Waals surface area contributed by atoms with Gasteiger partial charge in [-0.1, -0.05) is 0 Å². The van der Waals surface area contributed by atoms with Gasteiger partial charge < -0.3 is 10.5 Å². The minimum Gasteiger partial charge on any atom is -0.465 e. The van der Waals surface area contributed by atoms with Crippen molar-refractivity contribution in [2.24, 2.45) is 0 Å². The molecule has 0 radical (unpaired) electrons. The summed E-state index contributed by atoms with van der Waals surface area (Å²) in [6.07, 6.45) is -2.86. The SMILES string of the molecule is COC(=O)c1cc(C)c(N)nc1C(F)F. The summed E-state index contributed by atoms with van der Waals surface area (Å²) < 4.78 is 29.4. The molecule has 1 heterocycles. The van der Waals surface area contributed by atoms with Crippen molar-refractivity contribution in [3.05, 3.63) is 22.9 Å². The number of nitrogen functional groups attached to an aromatic ring is 1. The summed E-state index contributed by atoms with van der Waals surface area (Å²) in [7, 11) is 1.11. The number of pyridine rings is 1. The number of carbonyl (C=O) groups is 1. The van der Waals surface area contributed by atoms with Crippen LogP contribution in [0.4, 0.5) is 14.6 Å². The maximum absolute atomic E-state index is 12.5. The number of rotatable bonds is 2. The Morgan fingerprint density at radius 3 is 2.67 bits per heavy atom. The highest BCUT2D eigenvalue weighted by Gasteiger charge is 2.21. The Hall–Kier alpha value is -1.72.